The molecule has 0 aliphatic rings. The van der Waals surface area contributed by atoms with Crippen molar-refractivity contribution in [1.29, 1.82) is 0 Å². The van der Waals surface area contributed by atoms with Gasteiger partial charge < -0.3 is 5.32 Å². The van der Waals surface area contributed by atoms with Crippen LogP contribution in [0.3, 0.4) is 0 Å². The zero-order chi connectivity index (χ0) is 12.1. The summed E-state index contributed by atoms with van der Waals surface area (Å²) in [7, 11) is 0. The minimum atomic E-state index is 0.651. The molecule has 0 bridgehead atoms. The van der Waals surface area contributed by atoms with Gasteiger partial charge in [-0.1, -0.05) is 42.8 Å². The number of aryl methyl sites for hydroxylation is 1. The fourth-order valence-corrected chi connectivity index (χ4v) is 1.79. The van der Waals surface area contributed by atoms with Crippen LogP contribution in [0.1, 0.15) is 18.1 Å². The molecule has 88 valence electrons. The standard InChI is InChI=1S/C14H15ClN2/c1-2-11-3-5-12(6-4-11)9-17-14-7-8-16-10-13(14)15/h3-8,10H,2,9H2,1H3,(H,16,17). The number of rotatable bonds is 4. The minimum Gasteiger partial charge on any atom is -0.380 e. The lowest BCUT2D eigenvalue weighted by Crippen LogP contribution is -2.00. The molecule has 1 aromatic heterocycles. The highest BCUT2D eigenvalue weighted by Gasteiger charge is 1.99. The van der Waals surface area contributed by atoms with Crippen LogP contribution in [0.15, 0.2) is 42.7 Å². The third-order valence-electron chi connectivity index (χ3n) is 2.69. The highest BCUT2D eigenvalue weighted by molar-refractivity contribution is 6.33. The summed E-state index contributed by atoms with van der Waals surface area (Å²) in [6.07, 6.45) is 4.45. The molecule has 0 saturated carbocycles. The maximum absolute atomic E-state index is 6.01. The van der Waals surface area contributed by atoms with E-state index in [1.807, 2.05) is 6.07 Å². The number of hydrogen-bond donors (Lipinski definition) is 1. The van der Waals surface area contributed by atoms with Gasteiger partial charge in [-0.05, 0) is 23.6 Å². The normalized spacial score (nSPS) is 10.2. The van der Waals surface area contributed by atoms with Crippen LogP contribution in [0.5, 0.6) is 0 Å². The van der Waals surface area contributed by atoms with Gasteiger partial charge in [-0.15, -0.1) is 0 Å². The molecule has 2 nitrogen and oxygen atoms in total. The van der Waals surface area contributed by atoms with Crippen LogP contribution in [-0.2, 0) is 13.0 Å². The van der Waals surface area contributed by atoms with Crippen molar-refractivity contribution in [3.05, 3.63) is 58.9 Å². The molecule has 1 N–H and O–H groups in total. The summed E-state index contributed by atoms with van der Waals surface area (Å²) in [4.78, 5) is 3.95. The summed E-state index contributed by atoms with van der Waals surface area (Å²) in [6, 6.07) is 10.5. The van der Waals surface area contributed by atoms with Crippen molar-refractivity contribution in [2.24, 2.45) is 0 Å². The molecule has 0 unspecified atom stereocenters. The molecule has 0 fully saturated rings. The van der Waals surface area contributed by atoms with E-state index < -0.39 is 0 Å². The number of hydrogen-bond acceptors (Lipinski definition) is 2. The first-order chi connectivity index (χ1) is 8.29. The van der Waals surface area contributed by atoms with Crippen molar-refractivity contribution >= 4 is 17.3 Å². The lowest BCUT2D eigenvalue weighted by Gasteiger charge is -2.08. The second-order valence-electron chi connectivity index (χ2n) is 3.88. The van der Waals surface area contributed by atoms with E-state index in [-0.39, 0.29) is 0 Å². The van der Waals surface area contributed by atoms with Crippen LogP contribution in [0.4, 0.5) is 5.69 Å². The fraction of sp³-hybridized carbons (Fsp3) is 0.214. The molecule has 0 aliphatic carbocycles. The zero-order valence-corrected chi connectivity index (χ0v) is 10.5. The maximum atomic E-state index is 6.01. The number of pyridine rings is 1. The van der Waals surface area contributed by atoms with Crippen LogP contribution >= 0.6 is 11.6 Å². The van der Waals surface area contributed by atoms with E-state index in [1.165, 1.54) is 11.1 Å². The zero-order valence-electron chi connectivity index (χ0n) is 9.78. The van der Waals surface area contributed by atoms with Crippen LogP contribution in [0.2, 0.25) is 5.02 Å². The summed E-state index contributed by atoms with van der Waals surface area (Å²) in [5.74, 6) is 0. The highest BCUT2D eigenvalue weighted by Crippen LogP contribution is 2.19. The number of benzene rings is 1. The fourth-order valence-electron chi connectivity index (χ4n) is 1.61. The molecule has 0 saturated heterocycles. The molecular formula is C14H15ClN2. The van der Waals surface area contributed by atoms with E-state index in [9.17, 15) is 0 Å². The summed E-state index contributed by atoms with van der Waals surface area (Å²) >= 11 is 6.01. The van der Waals surface area contributed by atoms with Crippen molar-refractivity contribution < 1.29 is 0 Å². The van der Waals surface area contributed by atoms with Gasteiger partial charge in [0, 0.05) is 18.9 Å². The molecule has 0 radical (unpaired) electrons. The van der Waals surface area contributed by atoms with E-state index >= 15 is 0 Å². The highest BCUT2D eigenvalue weighted by atomic mass is 35.5. The number of aromatic nitrogens is 1. The number of nitrogens with zero attached hydrogens (tertiary/aromatic N) is 1. The summed E-state index contributed by atoms with van der Waals surface area (Å²) < 4.78 is 0. The van der Waals surface area contributed by atoms with Gasteiger partial charge in [-0.25, -0.2) is 0 Å². The Bertz CT molecular complexity index is 480. The molecule has 17 heavy (non-hydrogen) atoms. The van der Waals surface area contributed by atoms with Gasteiger partial charge in [0.15, 0.2) is 0 Å². The van der Waals surface area contributed by atoms with Crippen LogP contribution in [0.25, 0.3) is 0 Å². The maximum Gasteiger partial charge on any atom is 0.0820 e. The van der Waals surface area contributed by atoms with Crippen molar-refractivity contribution in [1.82, 2.24) is 4.98 Å². The summed E-state index contributed by atoms with van der Waals surface area (Å²) in [5, 5.41) is 3.95. The predicted molar refractivity (Wildman–Crippen MR) is 72.4 cm³/mol. The smallest absolute Gasteiger partial charge is 0.0820 e. The van der Waals surface area contributed by atoms with Crippen molar-refractivity contribution in [2.75, 3.05) is 5.32 Å². The molecule has 0 spiro atoms. The van der Waals surface area contributed by atoms with Crippen molar-refractivity contribution in [2.45, 2.75) is 19.9 Å². The van der Waals surface area contributed by atoms with Gasteiger partial charge >= 0.3 is 0 Å². The summed E-state index contributed by atoms with van der Waals surface area (Å²) in [5.41, 5.74) is 3.52. The van der Waals surface area contributed by atoms with Gasteiger partial charge in [-0.3, -0.25) is 4.98 Å². The molecule has 2 rings (SSSR count). The third-order valence-corrected chi connectivity index (χ3v) is 2.99. The largest absolute Gasteiger partial charge is 0.380 e. The number of anilines is 1. The lowest BCUT2D eigenvalue weighted by molar-refractivity contribution is 1.10. The second kappa shape index (κ2) is 5.69. The molecular weight excluding hydrogens is 232 g/mol. The van der Waals surface area contributed by atoms with E-state index in [4.69, 9.17) is 11.6 Å². The Labute approximate surface area is 107 Å². The van der Waals surface area contributed by atoms with Crippen LogP contribution in [0, 0.1) is 0 Å². The molecule has 1 heterocycles. The Morgan fingerprint density at radius 1 is 1.12 bits per heavy atom. The van der Waals surface area contributed by atoms with Gasteiger partial charge in [0.1, 0.15) is 0 Å². The first-order valence-corrected chi connectivity index (χ1v) is 6.08. The molecule has 0 amide bonds. The number of nitrogens with one attached hydrogen (secondary N) is 1. The van der Waals surface area contributed by atoms with Crippen LogP contribution in [-0.4, -0.2) is 4.98 Å². The van der Waals surface area contributed by atoms with Crippen LogP contribution < -0.4 is 5.32 Å². The Morgan fingerprint density at radius 2 is 1.82 bits per heavy atom. The lowest BCUT2D eigenvalue weighted by atomic mass is 10.1. The molecule has 0 aliphatic heterocycles. The van der Waals surface area contributed by atoms with Gasteiger partial charge in [0.05, 0.1) is 10.7 Å². The first-order valence-electron chi connectivity index (χ1n) is 5.71. The monoisotopic (exact) mass is 246 g/mol. The first kappa shape index (κ1) is 11.9. The Morgan fingerprint density at radius 3 is 2.47 bits per heavy atom. The molecule has 1 aromatic carbocycles. The van der Waals surface area contributed by atoms with E-state index in [0.29, 0.717) is 5.02 Å². The van der Waals surface area contributed by atoms with Gasteiger partial charge in [0.2, 0.25) is 0 Å². The average Bonchev–Trinajstić information content (AvgIpc) is 2.38. The number of halogens is 1. The SMILES string of the molecule is CCc1ccc(CNc2ccncc2Cl)cc1. The molecule has 2 aromatic rings. The minimum absolute atomic E-state index is 0.651. The van der Waals surface area contributed by atoms with E-state index in [0.717, 1.165) is 18.7 Å². The topological polar surface area (TPSA) is 24.9 Å². The Balaban J connectivity index is 2.00. The Hall–Kier alpha value is -1.54. The quantitative estimate of drug-likeness (QED) is 0.885. The predicted octanol–water partition coefficient (Wildman–Crippen LogP) is 3.91. The average molecular weight is 247 g/mol. The van der Waals surface area contributed by atoms with Crippen molar-refractivity contribution in [3.8, 4) is 0 Å². The Kier molecular flexibility index (Phi) is 3.99. The van der Waals surface area contributed by atoms with E-state index in [1.54, 1.807) is 12.4 Å². The molecule has 3 heteroatoms. The van der Waals surface area contributed by atoms with Gasteiger partial charge in [0.25, 0.3) is 0 Å². The summed E-state index contributed by atoms with van der Waals surface area (Å²) in [6.45, 7) is 2.93. The second-order valence-corrected chi connectivity index (χ2v) is 4.29. The third kappa shape index (κ3) is 3.21. The van der Waals surface area contributed by atoms with Gasteiger partial charge in [-0.2, -0.15) is 0 Å². The van der Waals surface area contributed by atoms with Crippen molar-refractivity contribution in [3.63, 3.8) is 0 Å². The van der Waals surface area contributed by atoms with E-state index in [2.05, 4.69) is 41.5 Å². The molecule has 0 atom stereocenters.